The smallest absolute Gasteiger partial charge is 0.255 e. The zero-order valence-corrected chi connectivity index (χ0v) is 19.6. The molecule has 1 heterocycles. The van der Waals surface area contributed by atoms with Crippen LogP contribution in [0.3, 0.4) is 0 Å². The zero-order chi connectivity index (χ0) is 22.9. The van der Waals surface area contributed by atoms with Crippen LogP contribution in [0.1, 0.15) is 35.2 Å². The summed E-state index contributed by atoms with van der Waals surface area (Å²) in [6.07, 6.45) is 2.32. The number of anilines is 1. The van der Waals surface area contributed by atoms with Crippen LogP contribution in [0.4, 0.5) is 5.69 Å². The molecule has 7 nitrogen and oxygen atoms in total. The highest BCUT2D eigenvalue weighted by Crippen LogP contribution is 2.31. The van der Waals surface area contributed by atoms with Crippen LogP contribution < -0.4 is 9.62 Å². The Morgan fingerprint density at radius 1 is 1.03 bits per heavy atom. The van der Waals surface area contributed by atoms with Crippen molar-refractivity contribution in [2.75, 3.05) is 31.1 Å². The molecular weight excluding hydrogens is 471 g/mol. The summed E-state index contributed by atoms with van der Waals surface area (Å²) in [5.74, 6) is -0.323. The van der Waals surface area contributed by atoms with Crippen molar-refractivity contribution in [2.24, 2.45) is 0 Å². The first-order valence-corrected chi connectivity index (χ1v) is 12.6. The summed E-state index contributed by atoms with van der Waals surface area (Å²) >= 11 is 12.5. The minimum atomic E-state index is -3.83. The fourth-order valence-corrected chi connectivity index (χ4v) is 5.84. The number of nitrogens with zero attached hydrogens (tertiary/aromatic N) is 3. The van der Waals surface area contributed by atoms with Crippen molar-refractivity contribution in [3.05, 3.63) is 57.6 Å². The maximum Gasteiger partial charge on any atom is 0.255 e. The van der Waals surface area contributed by atoms with Gasteiger partial charge in [-0.1, -0.05) is 23.2 Å². The molecule has 1 aliphatic carbocycles. The normalized spacial score (nSPS) is 17.0. The van der Waals surface area contributed by atoms with E-state index in [4.69, 9.17) is 28.5 Å². The van der Waals surface area contributed by atoms with Crippen LogP contribution in [-0.2, 0) is 10.0 Å². The third kappa shape index (κ3) is 5.02. The van der Waals surface area contributed by atoms with E-state index in [1.165, 1.54) is 12.1 Å². The second-order valence-electron chi connectivity index (χ2n) is 7.95. The van der Waals surface area contributed by atoms with Crippen molar-refractivity contribution in [3.8, 4) is 6.07 Å². The molecule has 0 spiro atoms. The molecule has 1 N–H and O–H groups in total. The van der Waals surface area contributed by atoms with Crippen molar-refractivity contribution >= 4 is 44.8 Å². The van der Waals surface area contributed by atoms with Crippen molar-refractivity contribution < 1.29 is 13.2 Å². The second-order valence-corrected chi connectivity index (χ2v) is 10.4. The summed E-state index contributed by atoms with van der Waals surface area (Å²) in [4.78, 5) is 17.0. The zero-order valence-electron chi connectivity index (χ0n) is 17.2. The van der Waals surface area contributed by atoms with Crippen LogP contribution in [-0.4, -0.2) is 51.4 Å². The van der Waals surface area contributed by atoms with Crippen molar-refractivity contribution in [2.45, 2.75) is 30.2 Å². The van der Waals surface area contributed by atoms with Gasteiger partial charge in [0.2, 0.25) is 10.0 Å². The minimum absolute atomic E-state index is 0.0115. The Kier molecular flexibility index (Phi) is 6.63. The maximum absolute atomic E-state index is 13.3. The number of benzene rings is 2. The summed E-state index contributed by atoms with van der Waals surface area (Å²) in [6, 6.07) is 12.0. The molecule has 0 radical (unpaired) electrons. The third-order valence-electron chi connectivity index (χ3n) is 5.59. The summed E-state index contributed by atoms with van der Waals surface area (Å²) in [7, 11) is -3.83. The first-order chi connectivity index (χ1) is 15.3. The lowest BCUT2D eigenvalue weighted by atomic mass is 10.2. The molecule has 32 heavy (non-hydrogen) atoms. The first-order valence-electron chi connectivity index (χ1n) is 10.3. The van der Waals surface area contributed by atoms with Gasteiger partial charge in [0.15, 0.2) is 0 Å². The Morgan fingerprint density at radius 3 is 2.41 bits per heavy atom. The van der Waals surface area contributed by atoms with Crippen LogP contribution >= 0.6 is 23.2 Å². The number of nitriles is 1. The number of hydrogen-bond acceptors (Lipinski definition) is 5. The van der Waals surface area contributed by atoms with Gasteiger partial charge in [-0.05, 0) is 55.7 Å². The highest BCUT2D eigenvalue weighted by Gasteiger charge is 2.31. The Balaban J connectivity index is 1.52. The van der Waals surface area contributed by atoms with E-state index in [9.17, 15) is 13.2 Å². The quantitative estimate of drug-likeness (QED) is 0.687. The van der Waals surface area contributed by atoms with Crippen LogP contribution in [0.2, 0.25) is 10.0 Å². The molecule has 1 aliphatic heterocycles. The molecular formula is C22H22Cl2N4O3S. The lowest BCUT2D eigenvalue weighted by Gasteiger charge is -2.24. The minimum Gasteiger partial charge on any atom is -0.370 e. The molecule has 2 aromatic rings. The largest absolute Gasteiger partial charge is 0.370 e. The summed E-state index contributed by atoms with van der Waals surface area (Å²) in [6.45, 7) is 2.35. The molecule has 0 unspecified atom stereocenters. The maximum atomic E-state index is 13.3. The van der Waals surface area contributed by atoms with E-state index in [-0.39, 0.29) is 32.5 Å². The number of sulfonamides is 1. The van der Waals surface area contributed by atoms with Gasteiger partial charge >= 0.3 is 0 Å². The van der Waals surface area contributed by atoms with E-state index in [0.717, 1.165) is 31.5 Å². The molecule has 1 amide bonds. The number of halogens is 2. The van der Waals surface area contributed by atoms with Gasteiger partial charge in [0, 0.05) is 37.9 Å². The Hall–Kier alpha value is -2.31. The van der Waals surface area contributed by atoms with E-state index in [2.05, 4.69) is 15.7 Å². The second kappa shape index (κ2) is 9.28. The van der Waals surface area contributed by atoms with Gasteiger partial charge in [0.1, 0.15) is 4.90 Å². The van der Waals surface area contributed by atoms with Gasteiger partial charge in [-0.25, -0.2) is 13.1 Å². The molecule has 1 saturated heterocycles. The SMILES string of the molecule is N#Cc1ccc(N2CCCN(C(=O)c3cc(S(=O)(=O)NC4CC4)c(Cl)cc3Cl)CC2)cc1. The highest BCUT2D eigenvalue weighted by atomic mass is 35.5. The van der Waals surface area contributed by atoms with Gasteiger partial charge in [-0.3, -0.25) is 4.79 Å². The predicted octanol–water partition coefficient (Wildman–Crippen LogP) is 3.66. The molecule has 4 rings (SSSR count). The molecule has 0 bridgehead atoms. The van der Waals surface area contributed by atoms with Crippen LogP contribution in [0.25, 0.3) is 0 Å². The molecule has 2 aliphatic rings. The fraction of sp³-hybridized carbons (Fsp3) is 0.364. The van der Waals surface area contributed by atoms with Gasteiger partial charge in [0.25, 0.3) is 5.91 Å². The number of amides is 1. The fourth-order valence-electron chi connectivity index (χ4n) is 3.68. The molecule has 0 aromatic heterocycles. The van der Waals surface area contributed by atoms with E-state index in [0.29, 0.717) is 25.2 Å². The Morgan fingerprint density at radius 2 is 1.75 bits per heavy atom. The van der Waals surface area contributed by atoms with Crippen molar-refractivity contribution in [1.82, 2.24) is 9.62 Å². The standard InChI is InChI=1S/C22H22Cl2N4O3S/c23-19-13-20(24)21(32(30,31)26-16-4-5-16)12-18(19)22(29)28-9-1-8-27(10-11-28)17-6-2-15(14-25)3-7-17/h2-3,6-7,12-13,16,26H,1,4-5,8-11H2. The Labute approximate surface area is 197 Å². The lowest BCUT2D eigenvalue weighted by molar-refractivity contribution is 0.0767. The van der Waals surface area contributed by atoms with E-state index < -0.39 is 10.0 Å². The summed E-state index contributed by atoms with van der Waals surface area (Å²) in [5, 5.41) is 9.09. The Bertz CT molecular complexity index is 1170. The van der Waals surface area contributed by atoms with Gasteiger partial charge in [-0.15, -0.1) is 0 Å². The summed E-state index contributed by atoms with van der Waals surface area (Å²) in [5.41, 5.74) is 1.71. The van der Waals surface area contributed by atoms with E-state index in [1.807, 2.05) is 12.1 Å². The molecule has 1 saturated carbocycles. The monoisotopic (exact) mass is 492 g/mol. The molecule has 168 valence electrons. The molecule has 0 atom stereocenters. The van der Waals surface area contributed by atoms with E-state index >= 15 is 0 Å². The van der Waals surface area contributed by atoms with E-state index in [1.54, 1.807) is 17.0 Å². The van der Waals surface area contributed by atoms with Crippen molar-refractivity contribution in [3.63, 3.8) is 0 Å². The van der Waals surface area contributed by atoms with Gasteiger partial charge < -0.3 is 9.80 Å². The topological polar surface area (TPSA) is 93.5 Å². The third-order valence-corrected chi connectivity index (χ3v) is 7.88. The van der Waals surface area contributed by atoms with Crippen LogP contribution in [0.5, 0.6) is 0 Å². The van der Waals surface area contributed by atoms with Gasteiger partial charge in [0.05, 0.1) is 27.2 Å². The van der Waals surface area contributed by atoms with Gasteiger partial charge in [-0.2, -0.15) is 5.26 Å². The van der Waals surface area contributed by atoms with Crippen LogP contribution in [0, 0.1) is 11.3 Å². The lowest BCUT2D eigenvalue weighted by Crippen LogP contribution is -2.35. The number of carbonyl (C=O) groups excluding carboxylic acids is 1. The molecule has 10 heteroatoms. The molecule has 2 aromatic carbocycles. The number of rotatable bonds is 5. The molecule has 2 fully saturated rings. The number of nitrogens with one attached hydrogen (secondary N) is 1. The highest BCUT2D eigenvalue weighted by molar-refractivity contribution is 7.89. The number of carbonyl (C=O) groups is 1. The average molecular weight is 493 g/mol. The van der Waals surface area contributed by atoms with Crippen LogP contribution in [0.15, 0.2) is 41.3 Å². The predicted molar refractivity (Wildman–Crippen MR) is 124 cm³/mol. The first kappa shape index (κ1) is 22.9. The average Bonchev–Trinajstić information content (AvgIpc) is 3.59. The van der Waals surface area contributed by atoms with Crippen molar-refractivity contribution in [1.29, 1.82) is 5.26 Å². The number of hydrogen-bond donors (Lipinski definition) is 1. The summed E-state index contributed by atoms with van der Waals surface area (Å²) < 4.78 is 27.9.